The van der Waals surface area contributed by atoms with Crippen molar-refractivity contribution in [3.05, 3.63) is 12.2 Å². The number of hydrogen-bond acceptors (Lipinski definition) is 4. The molecular formula is C11H18N4O. The second kappa shape index (κ2) is 3.82. The molecule has 5 nitrogen and oxygen atoms in total. The molecule has 0 spiro atoms. The van der Waals surface area contributed by atoms with E-state index in [1.54, 1.807) is 6.33 Å². The van der Waals surface area contributed by atoms with E-state index in [9.17, 15) is 5.11 Å². The molecule has 2 unspecified atom stereocenters. The number of rotatable bonds is 2. The molecule has 2 atom stereocenters. The fraction of sp³-hybridized carbons (Fsp3) is 0.818. The highest BCUT2D eigenvalue weighted by Gasteiger charge is 2.40. The predicted molar refractivity (Wildman–Crippen MR) is 58.6 cm³/mol. The van der Waals surface area contributed by atoms with Gasteiger partial charge in [0.2, 0.25) is 0 Å². The van der Waals surface area contributed by atoms with E-state index in [4.69, 9.17) is 0 Å². The lowest BCUT2D eigenvalue weighted by molar-refractivity contribution is 0.0292. The zero-order valence-electron chi connectivity index (χ0n) is 9.58. The molecule has 1 N–H and O–H groups in total. The standard InChI is InChI=1S/C11H18N4O/c1-14-7-12-13-11(14)6-15-8-2-3-9(15)5-10(16)4-8/h7-10,16H,2-6H2,1H3. The zero-order valence-corrected chi connectivity index (χ0v) is 9.58. The molecule has 88 valence electrons. The molecule has 2 fully saturated rings. The summed E-state index contributed by atoms with van der Waals surface area (Å²) >= 11 is 0. The highest BCUT2D eigenvalue weighted by atomic mass is 16.3. The molecule has 0 aliphatic carbocycles. The Balaban J connectivity index is 1.75. The van der Waals surface area contributed by atoms with E-state index in [0.717, 1.165) is 25.2 Å². The van der Waals surface area contributed by atoms with Crippen LogP contribution in [0.5, 0.6) is 0 Å². The van der Waals surface area contributed by atoms with Gasteiger partial charge in [-0.15, -0.1) is 10.2 Å². The van der Waals surface area contributed by atoms with E-state index >= 15 is 0 Å². The molecule has 2 aliphatic heterocycles. The summed E-state index contributed by atoms with van der Waals surface area (Å²) < 4.78 is 1.98. The maximum Gasteiger partial charge on any atom is 0.146 e. The molecule has 2 bridgehead atoms. The maximum absolute atomic E-state index is 9.73. The number of fused-ring (bicyclic) bond motifs is 2. The molecular weight excluding hydrogens is 204 g/mol. The molecule has 2 aliphatic rings. The molecule has 0 aromatic carbocycles. The van der Waals surface area contributed by atoms with Crippen molar-refractivity contribution in [2.24, 2.45) is 7.05 Å². The van der Waals surface area contributed by atoms with Gasteiger partial charge in [0.15, 0.2) is 0 Å². The highest BCUT2D eigenvalue weighted by Crippen LogP contribution is 2.36. The number of piperidine rings is 1. The quantitative estimate of drug-likeness (QED) is 0.782. The first-order valence-corrected chi connectivity index (χ1v) is 6.00. The number of aliphatic hydroxyl groups excluding tert-OH is 1. The molecule has 0 saturated carbocycles. The fourth-order valence-corrected chi connectivity index (χ4v) is 3.12. The molecule has 1 aromatic heterocycles. The lowest BCUT2D eigenvalue weighted by Gasteiger charge is -2.36. The first-order chi connectivity index (χ1) is 7.74. The molecule has 16 heavy (non-hydrogen) atoms. The van der Waals surface area contributed by atoms with Crippen LogP contribution in [0.15, 0.2) is 6.33 Å². The van der Waals surface area contributed by atoms with Gasteiger partial charge in [0.05, 0.1) is 12.6 Å². The average Bonchev–Trinajstić information content (AvgIpc) is 2.73. The van der Waals surface area contributed by atoms with Crippen molar-refractivity contribution in [2.75, 3.05) is 0 Å². The third-order valence-electron chi connectivity index (χ3n) is 3.99. The van der Waals surface area contributed by atoms with Crippen LogP contribution in [0.25, 0.3) is 0 Å². The van der Waals surface area contributed by atoms with E-state index in [1.807, 2.05) is 11.6 Å². The van der Waals surface area contributed by atoms with Gasteiger partial charge >= 0.3 is 0 Å². The van der Waals surface area contributed by atoms with Gasteiger partial charge in [0, 0.05) is 19.1 Å². The summed E-state index contributed by atoms with van der Waals surface area (Å²) in [5.74, 6) is 1.02. The van der Waals surface area contributed by atoms with Gasteiger partial charge < -0.3 is 9.67 Å². The molecule has 0 amide bonds. The van der Waals surface area contributed by atoms with Crippen molar-refractivity contribution in [1.29, 1.82) is 0 Å². The lowest BCUT2D eigenvalue weighted by Crippen LogP contribution is -2.44. The molecule has 2 saturated heterocycles. The van der Waals surface area contributed by atoms with Crippen LogP contribution in [0, 0.1) is 0 Å². The third-order valence-corrected chi connectivity index (χ3v) is 3.99. The van der Waals surface area contributed by atoms with Gasteiger partial charge in [0.1, 0.15) is 12.2 Å². The summed E-state index contributed by atoms with van der Waals surface area (Å²) in [6.45, 7) is 0.874. The molecule has 5 heteroatoms. The maximum atomic E-state index is 9.73. The van der Waals surface area contributed by atoms with Crippen LogP contribution < -0.4 is 0 Å². The van der Waals surface area contributed by atoms with E-state index in [-0.39, 0.29) is 6.10 Å². The van der Waals surface area contributed by atoms with Gasteiger partial charge in [-0.25, -0.2) is 0 Å². The van der Waals surface area contributed by atoms with Crippen molar-refractivity contribution in [3.63, 3.8) is 0 Å². The Morgan fingerprint density at radius 1 is 1.38 bits per heavy atom. The van der Waals surface area contributed by atoms with Crippen LogP contribution in [0.2, 0.25) is 0 Å². The minimum Gasteiger partial charge on any atom is -0.393 e. The number of aromatic nitrogens is 3. The van der Waals surface area contributed by atoms with Crippen LogP contribution in [-0.4, -0.2) is 43.0 Å². The van der Waals surface area contributed by atoms with Gasteiger partial charge in [-0.1, -0.05) is 0 Å². The summed E-state index contributed by atoms with van der Waals surface area (Å²) in [5, 5.41) is 17.8. The first kappa shape index (κ1) is 10.2. The van der Waals surface area contributed by atoms with Crippen LogP contribution in [0.1, 0.15) is 31.5 Å². The minimum absolute atomic E-state index is 0.0896. The summed E-state index contributed by atoms with van der Waals surface area (Å²) in [4.78, 5) is 2.50. The summed E-state index contributed by atoms with van der Waals surface area (Å²) in [6, 6.07) is 1.09. The predicted octanol–water partition coefficient (Wildman–Crippen LogP) is 0.303. The van der Waals surface area contributed by atoms with Crippen molar-refractivity contribution < 1.29 is 5.11 Å². The highest BCUT2D eigenvalue weighted by molar-refractivity contribution is 4.98. The topological polar surface area (TPSA) is 54.2 Å². The summed E-state index contributed by atoms with van der Waals surface area (Å²) in [6.07, 6.45) is 5.95. The van der Waals surface area contributed by atoms with Crippen molar-refractivity contribution in [1.82, 2.24) is 19.7 Å². The minimum atomic E-state index is -0.0896. The normalized spacial score (nSPS) is 34.5. The third kappa shape index (κ3) is 1.64. The van der Waals surface area contributed by atoms with Crippen LogP contribution in [0.3, 0.4) is 0 Å². The second-order valence-corrected chi connectivity index (χ2v) is 5.04. The van der Waals surface area contributed by atoms with Gasteiger partial charge in [-0.2, -0.15) is 0 Å². The number of nitrogens with zero attached hydrogens (tertiary/aromatic N) is 4. The number of aliphatic hydroxyl groups is 1. The average molecular weight is 222 g/mol. The Bertz CT molecular complexity index is 364. The smallest absolute Gasteiger partial charge is 0.146 e. The second-order valence-electron chi connectivity index (χ2n) is 5.04. The SMILES string of the molecule is Cn1cnnc1CN1C2CCC1CC(O)C2. The van der Waals surface area contributed by atoms with E-state index in [2.05, 4.69) is 15.1 Å². The monoisotopic (exact) mass is 222 g/mol. The summed E-state index contributed by atoms with van der Waals surface area (Å²) in [7, 11) is 1.98. The van der Waals surface area contributed by atoms with Crippen molar-refractivity contribution >= 4 is 0 Å². The first-order valence-electron chi connectivity index (χ1n) is 6.00. The lowest BCUT2D eigenvalue weighted by atomic mass is 10.00. The van der Waals surface area contributed by atoms with Crippen LogP contribution in [0.4, 0.5) is 0 Å². The summed E-state index contributed by atoms with van der Waals surface area (Å²) in [5.41, 5.74) is 0. The van der Waals surface area contributed by atoms with Crippen molar-refractivity contribution in [2.45, 2.75) is 50.4 Å². The Morgan fingerprint density at radius 2 is 2.06 bits per heavy atom. The van der Waals surface area contributed by atoms with Gasteiger partial charge in [-0.3, -0.25) is 4.90 Å². The van der Waals surface area contributed by atoms with Crippen molar-refractivity contribution in [3.8, 4) is 0 Å². The van der Waals surface area contributed by atoms with Crippen LogP contribution in [-0.2, 0) is 13.6 Å². The largest absolute Gasteiger partial charge is 0.393 e. The Morgan fingerprint density at radius 3 is 2.62 bits per heavy atom. The fourth-order valence-electron chi connectivity index (χ4n) is 3.12. The van der Waals surface area contributed by atoms with E-state index in [0.29, 0.717) is 12.1 Å². The Kier molecular flexibility index (Phi) is 2.44. The van der Waals surface area contributed by atoms with Gasteiger partial charge in [-0.05, 0) is 25.7 Å². The zero-order chi connectivity index (χ0) is 11.1. The Labute approximate surface area is 95.1 Å². The number of hydrogen-bond donors (Lipinski definition) is 1. The number of aryl methyl sites for hydroxylation is 1. The van der Waals surface area contributed by atoms with E-state index in [1.165, 1.54) is 12.8 Å². The molecule has 3 heterocycles. The molecule has 3 rings (SSSR count). The molecule has 1 aromatic rings. The van der Waals surface area contributed by atoms with E-state index < -0.39 is 0 Å². The van der Waals surface area contributed by atoms with Crippen LogP contribution >= 0.6 is 0 Å². The van der Waals surface area contributed by atoms with Gasteiger partial charge in [0.25, 0.3) is 0 Å². The molecule has 0 radical (unpaired) electrons. The Hall–Kier alpha value is -0.940.